The minimum atomic E-state index is 0.233. The highest BCUT2D eigenvalue weighted by Crippen LogP contribution is 2.32. The first-order valence-electron chi connectivity index (χ1n) is 8.62. The van der Waals surface area contributed by atoms with Crippen molar-refractivity contribution in [2.45, 2.75) is 12.8 Å². The average molecular weight is 368 g/mol. The molecule has 3 aromatic rings. The van der Waals surface area contributed by atoms with E-state index in [1.165, 1.54) is 0 Å². The summed E-state index contributed by atoms with van der Waals surface area (Å²) in [7, 11) is 1.96. The van der Waals surface area contributed by atoms with E-state index in [9.17, 15) is 4.79 Å². The number of nitrogens with one attached hydrogen (secondary N) is 1. The molecule has 1 fully saturated rings. The zero-order chi connectivity index (χ0) is 17.9. The molecule has 4 rings (SSSR count). The van der Waals surface area contributed by atoms with Gasteiger partial charge in [0.2, 0.25) is 11.9 Å². The van der Waals surface area contributed by atoms with Gasteiger partial charge in [0.15, 0.2) is 0 Å². The number of hydrogen-bond donors (Lipinski definition) is 1. The molecule has 0 aromatic carbocycles. The van der Waals surface area contributed by atoms with E-state index >= 15 is 0 Å². The number of anilines is 1. The highest BCUT2D eigenvalue weighted by Gasteiger charge is 2.19. The van der Waals surface area contributed by atoms with E-state index in [1.807, 2.05) is 46.4 Å². The summed E-state index contributed by atoms with van der Waals surface area (Å²) in [5.74, 6) is 1.64. The number of aryl methyl sites for hydroxylation is 1. The van der Waals surface area contributed by atoms with Crippen molar-refractivity contribution >= 4 is 23.2 Å². The summed E-state index contributed by atoms with van der Waals surface area (Å²) < 4.78 is 1.96. The summed E-state index contributed by atoms with van der Waals surface area (Å²) >= 11 is 1.64. The molecule has 8 heteroatoms. The number of thiophene rings is 1. The number of aromatic nitrogens is 4. The van der Waals surface area contributed by atoms with Crippen molar-refractivity contribution in [2.75, 3.05) is 25.0 Å². The van der Waals surface area contributed by atoms with Crippen LogP contribution in [0.15, 0.2) is 36.1 Å². The molecule has 0 atom stereocenters. The molecule has 1 N–H and O–H groups in total. The number of carbonyl (C=O) groups is 1. The van der Waals surface area contributed by atoms with E-state index in [4.69, 9.17) is 4.98 Å². The SMILES string of the molecule is Cn1ccnc1-c1cnc(NCCN2CCCC2=O)nc1-c1cccs1. The molecule has 4 heterocycles. The Kier molecular flexibility index (Phi) is 4.66. The molecule has 1 aliphatic heterocycles. The number of imidazole rings is 1. The second-order valence-corrected chi connectivity index (χ2v) is 7.15. The molecule has 3 aromatic heterocycles. The lowest BCUT2D eigenvalue weighted by Crippen LogP contribution is -2.30. The Balaban J connectivity index is 1.56. The van der Waals surface area contributed by atoms with E-state index in [0.29, 0.717) is 25.5 Å². The van der Waals surface area contributed by atoms with E-state index in [2.05, 4.69) is 15.3 Å². The summed E-state index contributed by atoms with van der Waals surface area (Å²) in [6, 6.07) is 4.06. The van der Waals surface area contributed by atoms with Crippen molar-refractivity contribution in [3.8, 4) is 22.0 Å². The van der Waals surface area contributed by atoms with Crippen molar-refractivity contribution in [1.29, 1.82) is 0 Å². The lowest BCUT2D eigenvalue weighted by molar-refractivity contribution is -0.127. The lowest BCUT2D eigenvalue weighted by atomic mass is 10.2. The number of amides is 1. The third-order valence-corrected chi connectivity index (χ3v) is 5.32. The van der Waals surface area contributed by atoms with Crippen LogP contribution in [0.1, 0.15) is 12.8 Å². The molecule has 0 radical (unpaired) electrons. The first-order valence-corrected chi connectivity index (χ1v) is 9.50. The van der Waals surface area contributed by atoms with Crippen molar-refractivity contribution in [2.24, 2.45) is 7.05 Å². The second-order valence-electron chi connectivity index (χ2n) is 6.21. The highest BCUT2D eigenvalue weighted by atomic mass is 32.1. The molecular weight excluding hydrogens is 348 g/mol. The first-order chi connectivity index (χ1) is 12.7. The predicted octanol–water partition coefficient (Wildman–Crippen LogP) is 2.64. The maximum atomic E-state index is 11.7. The molecule has 0 spiro atoms. The van der Waals surface area contributed by atoms with E-state index in [1.54, 1.807) is 17.5 Å². The Morgan fingerprint density at radius 2 is 2.27 bits per heavy atom. The molecule has 7 nitrogen and oxygen atoms in total. The zero-order valence-corrected chi connectivity index (χ0v) is 15.4. The minimum Gasteiger partial charge on any atom is -0.352 e. The van der Waals surface area contributed by atoms with Gasteiger partial charge in [-0.2, -0.15) is 0 Å². The van der Waals surface area contributed by atoms with Crippen LogP contribution in [0.25, 0.3) is 22.0 Å². The fourth-order valence-corrected chi connectivity index (χ4v) is 3.83. The summed E-state index contributed by atoms with van der Waals surface area (Å²) in [5.41, 5.74) is 1.77. The quantitative estimate of drug-likeness (QED) is 0.724. The Bertz CT molecular complexity index is 904. The fourth-order valence-electron chi connectivity index (χ4n) is 3.10. The molecule has 0 saturated carbocycles. The molecule has 26 heavy (non-hydrogen) atoms. The topological polar surface area (TPSA) is 75.9 Å². The predicted molar refractivity (Wildman–Crippen MR) is 102 cm³/mol. The number of rotatable bonds is 6. The van der Waals surface area contributed by atoms with E-state index < -0.39 is 0 Å². The molecular formula is C18H20N6OS. The molecule has 134 valence electrons. The average Bonchev–Trinajstić information content (AvgIpc) is 3.38. The van der Waals surface area contributed by atoms with E-state index in [0.717, 1.165) is 34.9 Å². The summed E-state index contributed by atoms with van der Waals surface area (Å²) in [4.78, 5) is 28.3. The van der Waals surface area contributed by atoms with Crippen LogP contribution in [0, 0.1) is 0 Å². The Morgan fingerprint density at radius 3 is 2.96 bits per heavy atom. The van der Waals surface area contributed by atoms with Gasteiger partial charge < -0.3 is 14.8 Å². The van der Waals surface area contributed by atoms with Crippen molar-refractivity contribution in [1.82, 2.24) is 24.4 Å². The van der Waals surface area contributed by atoms with Crippen LogP contribution in [0.2, 0.25) is 0 Å². The minimum absolute atomic E-state index is 0.233. The molecule has 0 bridgehead atoms. The van der Waals surface area contributed by atoms with Gasteiger partial charge in [-0.25, -0.2) is 15.0 Å². The molecule has 1 aliphatic rings. The summed E-state index contributed by atoms with van der Waals surface area (Å²) in [5, 5.41) is 5.28. The van der Waals surface area contributed by atoms with Gasteiger partial charge in [0.25, 0.3) is 0 Å². The smallest absolute Gasteiger partial charge is 0.223 e. The third-order valence-electron chi connectivity index (χ3n) is 4.44. The van der Waals surface area contributed by atoms with Crippen LogP contribution in [0.5, 0.6) is 0 Å². The summed E-state index contributed by atoms with van der Waals surface area (Å²) in [6.07, 6.45) is 7.11. The highest BCUT2D eigenvalue weighted by molar-refractivity contribution is 7.13. The van der Waals surface area contributed by atoms with Crippen LogP contribution >= 0.6 is 11.3 Å². The van der Waals surface area contributed by atoms with Gasteiger partial charge in [-0.1, -0.05) is 6.07 Å². The van der Waals surface area contributed by atoms with Gasteiger partial charge in [0, 0.05) is 51.7 Å². The van der Waals surface area contributed by atoms with Gasteiger partial charge in [-0.3, -0.25) is 4.79 Å². The maximum absolute atomic E-state index is 11.7. The lowest BCUT2D eigenvalue weighted by Gasteiger charge is -2.16. The van der Waals surface area contributed by atoms with Crippen molar-refractivity contribution in [3.05, 3.63) is 36.1 Å². The molecule has 0 aliphatic carbocycles. The third kappa shape index (κ3) is 3.32. The molecule has 1 saturated heterocycles. The normalized spacial score (nSPS) is 14.2. The van der Waals surface area contributed by atoms with Gasteiger partial charge in [0.05, 0.1) is 16.1 Å². The largest absolute Gasteiger partial charge is 0.352 e. The number of likely N-dealkylation sites (tertiary alicyclic amines) is 1. The van der Waals surface area contributed by atoms with Crippen molar-refractivity contribution < 1.29 is 4.79 Å². The Labute approximate surface area is 155 Å². The number of carbonyl (C=O) groups excluding carboxylic acids is 1. The first kappa shape index (κ1) is 16.7. The van der Waals surface area contributed by atoms with Gasteiger partial charge in [-0.15, -0.1) is 11.3 Å². The summed E-state index contributed by atoms with van der Waals surface area (Å²) in [6.45, 7) is 2.16. The van der Waals surface area contributed by atoms with Gasteiger partial charge in [0.1, 0.15) is 5.82 Å². The zero-order valence-electron chi connectivity index (χ0n) is 14.6. The number of hydrogen-bond acceptors (Lipinski definition) is 6. The molecule has 1 amide bonds. The van der Waals surface area contributed by atoms with Crippen LogP contribution in [-0.2, 0) is 11.8 Å². The van der Waals surface area contributed by atoms with Gasteiger partial charge >= 0.3 is 0 Å². The van der Waals surface area contributed by atoms with Crippen molar-refractivity contribution in [3.63, 3.8) is 0 Å². The Morgan fingerprint density at radius 1 is 1.35 bits per heavy atom. The van der Waals surface area contributed by atoms with E-state index in [-0.39, 0.29) is 5.91 Å². The van der Waals surface area contributed by atoms with Gasteiger partial charge in [-0.05, 0) is 17.9 Å². The van der Waals surface area contributed by atoms with Crippen LogP contribution < -0.4 is 5.32 Å². The number of nitrogens with zero attached hydrogens (tertiary/aromatic N) is 5. The van der Waals surface area contributed by atoms with Crippen LogP contribution in [0.4, 0.5) is 5.95 Å². The fraction of sp³-hybridized carbons (Fsp3) is 0.333. The van der Waals surface area contributed by atoms with Crippen LogP contribution in [0.3, 0.4) is 0 Å². The Hall–Kier alpha value is -2.74. The maximum Gasteiger partial charge on any atom is 0.223 e. The monoisotopic (exact) mass is 368 g/mol. The standard InChI is InChI=1S/C18H20N6OS/c1-23-9-6-19-17(23)13-12-21-18(22-16(13)14-4-3-11-26-14)20-7-10-24-8-2-5-15(24)25/h3-4,6,9,11-12H,2,5,7-8,10H2,1H3,(H,20,21,22). The van der Waals surface area contributed by atoms with Crippen LogP contribution in [-0.4, -0.2) is 50.0 Å². The second kappa shape index (κ2) is 7.25. The molecule has 0 unspecified atom stereocenters.